The second kappa shape index (κ2) is 7.41. The molecular formula is C17H17ClN4O2S. The van der Waals surface area contributed by atoms with Crippen LogP contribution in [-0.2, 0) is 10.5 Å². The Morgan fingerprint density at radius 2 is 2.20 bits per heavy atom. The SMILES string of the molecule is Cc1c(C(=O)OC(C)C)cnc2nc(SCc3cccc(Cl)c3)nn12. The van der Waals surface area contributed by atoms with E-state index in [0.717, 1.165) is 5.56 Å². The van der Waals surface area contributed by atoms with E-state index >= 15 is 0 Å². The van der Waals surface area contributed by atoms with Crippen molar-refractivity contribution in [3.63, 3.8) is 0 Å². The minimum absolute atomic E-state index is 0.192. The number of thioether (sulfide) groups is 1. The molecule has 0 fully saturated rings. The molecule has 25 heavy (non-hydrogen) atoms. The second-order valence-electron chi connectivity index (χ2n) is 5.74. The van der Waals surface area contributed by atoms with Gasteiger partial charge in [0.1, 0.15) is 0 Å². The van der Waals surface area contributed by atoms with Gasteiger partial charge in [-0.1, -0.05) is 35.5 Å². The number of carbonyl (C=O) groups is 1. The maximum Gasteiger partial charge on any atom is 0.341 e. The molecule has 130 valence electrons. The normalized spacial score (nSPS) is 11.2. The van der Waals surface area contributed by atoms with E-state index in [1.807, 2.05) is 24.3 Å². The largest absolute Gasteiger partial charge is 0.459 e. The number of esters is 1. The summed E-state index contributed by atoms with van der Waals surface area (Å²) in [6.45, 7) is 5.41. The molecule has 0 aliphatic rings. The standard InChI is InChI=1S/C17H17ClN4O2S/c1-10(2)24-15(23)14-8-19-16-20-17(21-22(16)11(14)3)25-9-12-5-4-6-13(18)7-12/h4-8,10H,9H2,1-3H3. The highest BCUT2D eigenvalue weighted by Gasteiger charge is 2.17. The van der Waals surface area contributed by atoms with Crippen molar-refractivity contribution in [3.05, 3.63) is 52.3 Å². The predicted octanol–water partition coefficient (Wildman–Crippen LogP) is 3.94. The number of ether oxygens (including phenoxy) is 1. The minimum Gasteiger partial charge on any atom is -0.459 e. The molecule has 0 aliphatic heterocycles. The molecule has 2 heterocycles. The average Bonchev–Trinajstić information content (AvgIpc) is 2.97. The molecule has 2 aromatic heterocycles. The Morgan fingerprint density at radius 1 is 1.40 bits per heavy atom. The van der Waals surface area contributed by atoms with Crippen LogP contribution in [0.3, 0.4) is 0 Å². The number of rotatable bonds is 5. The van der Waals surface area contributed by atoms with Crippen molar-refractivity contribution in [2.24, 2.45) is 0 Å². The van der Waals surface area contributed by atoms with E-state index in [0.29, 0.717) is 33.0 Å². The van der Waals surface area contributed by atoms with Crippen molar-refractivity contribution in [3.8, 4) is 0 Å². The molecule has 0 bridgehead atoms. The van der Waals surface area contributed by atoms with Crippen LogP contribution in [0.15, 0.2) is 35.6 Å². The molecule has 0 atom stereocenters. The van der Waals surface area contributed by atoms with E-state index in [4.69, 9.17) is 16.3 Å². The Bertz CT molecular complexity index is 926. The Morgan fingerprint density at radius 3 is 2.92 bits per heavy atom. The van der Waals surface area contributed by atoms with Crippen molar-refractivity contribution in [2.75, 3.05) is 0 Å². The summed E-state index contributed by atoms with van der Waals surface area (Å²) in [5.41, 5.74) is 2.12. The molecule has 0 N–H and O–H groups in total. The third-order valence-corrected chi connectivity index (χ3v) is 4.55. The van der Waals surface area contributed by atoms with Gasteiger partial charge in [0.25, 0.3) is 5.78 Å². The fourth-order valence-electron chi connectivity index (χ4n) is 2.24. The molecule has 3 rings (SSSR count). The summed E-state index contributed by atoms with van der Waals surface area (Å²) in [4.78, 5) is 20.7. The molecule has 8 heteroatoms. The lowest BCUT2D eigenvalue weighted by Crippen LogP contribution is -2.15. The zero-order valence-electron chi connectivity index (χ0n) is 14.1. The Balaban J connectivity index is 1.82. The molecule has 1 aromatic carbocycles. The molecule has 0 saturated heterocycles. The number of carbonyl (C=O) groups excluding carboxylic acids is 1. The van der Waals surface area contributed by atoms with Crippen molar-refractivity contribution >= 4 is 35.1 Å². The van der Waals surface area contributed by atoms with Gasteiger partial charge in [-0.2, -0.15) is 9.50 Å². The fourth-order valence-corrected chi connectivity index (χ4v) is 3.21. The van der Waals surface area contributed by atoms with E-state index in [-0.39, 0.29) is 6.10 Å². The van der Waals surface area contributed by atoms with Crippen LogP contribution in [0, 0.1) is 6.92 Å². The summed E-state index contributed by atoms with van der Waals surface area (Å²) < 4.78 is 6.80. The first-order valence-corrected chi connectivity index (χ1v) is 9.11. The van der Waals surface area contributed by atoms with Gasteiger partial charge in [0.2, 0.25) is 5.16 Å². The lowest BCUT2D eigenvalue weighted by molar-refractivity contribution is 0.0375. The zero-order valence-corrected chi connectivity index (χ0v) is 15.6. The summed E-state index contributed by atoms with van der Waals surface area (Å²) >= 11 is 7.48. The molecule has 6 nitrogen and oxygen atoms in total. The number of nitrogens with zero attached hydrogens (tertiary/aromatic N) is 4. The van der Waals surface area contributed by atoms with Gasteiger partial charge in [-0.3, -0.25) is 0 Å². The number of hydrogen-bond acceptors (Lipinski definition) is 6. The van der Waals surface area contributed by atoms with E-state index in [9.17, 15) is 4.79 Å². The first-order chi connectivity index (χ1) is 11.9. The smallest absolute Gasteiger partial charge is 0.341 e. The van der Waals surface area contributed by atoms with Crippen molar-refractivity contribution in [2.45, 2.75) is 37.8 Å². The molecule has 0 saturated carbocycles. The van der Waals surface area contributed by atoms with E-state index < -0.39 is 5.97 Å². The van der Waals surface area contributed by atoms with Gasteiger partial charge in [0.05, 0.1) is 17.4 Å². The van der Waals surface area contributed by atoms with Crippen LogP contribution in [0.1, 0.15) is 35.5 Å². The van der Waals surface area contributed by atoms with Crippen LogP contribution in [-0.4, -0.2) is 31.7 Å². The monoisotopic (exact) mass is 376 g/mol. The number of halogens is 1. The highest BCUT2D eigenvalue weighted by Crippen LogP contribution is 2.22. The lowest BCUT2D eigenvalue weighted by atomic mass is 10.2. The van der Waals surface area contributed by atoms with Crippen LogP contribution in [0.25, 0.3) is 5.78 Å². The molecule has 0 spiro atoms. The maximum atomic E-state index is 12.1. The number of aryl methyl sites for hydroxylation is 1. The topological polar surface area (TPSA) is 69.4 Å². The van der Waals surface area contributed by atoms with Gasteiger partial charge in [-0.25, -0.2) is 9.78 Å². The average molecular weight is 377 g/mol. The number of fused-ring (bicyclic) bond motifs is 1. The van der Waals surface area contributed by atoms with Crippen LogP contribution >= 0.6 is 23.4 Å². The lowest BCUT2D eigenvalue weighted by Gasteiger charge is -2.09. The minimum atomic E-state index is -0.412. The molecule has 0 amide bonds. The number of benzene rings is 1. The summed E-state index contributed by atoms with van der Waals surface area (Å²) in [5, 5.41) is 5.73. The van der Waals surface area contributed by atoms with Gasteiger partial charge in [-0.15, -0.1) is 5.10 Å². The van der Waals surface area contributed by atoms with Gasteiger partial charge in [0, 0.05) is 17.0 Å². The summed E-state index contributed by atoms with van der Waals surface area (Å²) in [5.74, 6) is 0.733. The second-order valence-corrected chi connectivity index (χ2v) is 7.12. The van der Waals surface area contributed by atoms with Crippen molar-refractivity contribution < 1.29 is 9.53 Å². The third-order valence-electron chi connectivity index (χ3n) is 3.41. The van der Waals surface area contributed by atoms with Crippen molar-refractivity contribution in [1.82, 2.24) is 19.6 Å². The highest BCUT2D eigenvalue weighted by molar-refractivity contribution is 7.98. The highest BCUT2D eigenvalue weighted by atomic mass is 35.5. The Kier molecular flexibility index (Phi) is 5.24. The van der Waals surface area contributed by atoms with Crippen LogP contribution in [0.4, 0.5) is 0 Å². The number of aromatic nitrogens is 4. The summed E-state index contributed by atoms with van der Waals surface area (Å²) in [6.07, 6.45) is 1.29. The van der Waals surface area contributed by atoms with Crippen LogP contribution in [0.2, 0.25) is 5.02 Å². The van der Waals surface area contributed by atoms with E-state index in [1.54, 1.807) is 25.3 Å². The fraction of sp³-hybridized carbons (Fsp3) is 0.294. The summed E-state index contributed by atoms with van der Waals surface area (Å²) in [7, 11) is 0. The van der Waals surface area contributed by atoms with Crippen LogP contribution < -0.4 is 0 Å². The van der Waals surface area contributed by atoms with E-state index in [1.165, 1.54) is 18.0 Å². The molecule has 0 radical (unpaired) electrons. The van der Waals surface area contributed by atoms with Crippen LogP contribution in [0.5, 0.6) is 0 Å². The Hall–Kier alpha value is -2.12. The first kappa shape index (κ1) is 17.7. The third kappa shape index (κ3) is 4.11. The first-order valence-electron chi connectivity index (χ1n) is 7.74. The van der Waals surface area contributed by atoms with Gasteiger partial charge < -0.3 is 4.74 Å². The van der Waals surface area contributed by atoms with Gasteiger partial charge in [0.15, 0.2) is 0 Å². The van der Waals surface area contributed by atoms with Gasteiger partial charge >= 0.3 is 5.97 Å². The van der Waals surface area contributed by atoms with Crippen molar-refractivity contribution in [1.29, 1.82) is 0 Å². The molecular weight excluding hydrogens is 360 g/mol. The maximum absolute atomic E-state index is 12.1. The van der Waals surface area contributed by atoms with Gasteiger partial charge in [-0.05, 0) is 38.5 Å². The summed E-state index contributed by atoms with van der Waals surface area (Å²) in [6, 6.07) is 7.66. The van der Waals surface area contributed by atoms with E-state index in [2.05, 4.69) is 15.1 Å². The molecule has 3 aromatic rings. The quantitative estimate of drug-likeness (QED) is 0.496. The molecule has 0 aliphatic carbocycles. The Labute approximate surface area is 154 Å². The predicted molar refractivity (Wildman–Crippen MR) is 97.1 cm³/mol. The zero-order chi connectivity index (χ0) is 18.0. The molecule has 0 unspecified atom stereocenters. The number of hydrogen-bond donors (Lipinski definition) is 0.